The van der Waals surface area contributed by atoms with E-state index in [0.717, 1.165) is 37.3 Å². The first-order valence-corrected chi connectivity index (χ1v) is 5.03. The molecular weight excluding hydrogens is 188 g/mol. The van der Waals surface area contributed by atoms with E-state index in [1.807, 2.05) is 4.68 Å². The highest BCUT2D eigenvalue weighted by molar-refractivity contribution is 6.19. The number of hydrogen-bond acceptors (Lipinski definition) is 3. The van der Waals surface area contributed by atoms with Crippen LogP contribution in [0.25, 0.3) is 0 Å². The van der Waals surface area contributed by atoms with E-state index in [0.29, 0.717) is 6.54 Å². The van der Waals surface area contributed by atoms with Crippen molar-refractivity contribution in [1.82, 2.24) is 14.8 Å². The van der Waals surface area contributed by atoms with Crippen molar-refractivity contribution in [2.75, 3.05) is 6.54 Å². The first-order valence-electron chi connectivity index (χ1n) is 4.59. The van der Waals surface area contributed by atoms with Gasteiger partial charge >= 0.3 is 0 Å². The van der Waals surface area contributed by atoms with Gasteiger partial charge in [-0.2, -0.15) is 5.10 Å². The van der Waals surface area contributed by atoms with Gasteiger partial charge in [-0.25, -0.2) is 9.67 Å². The summed E-state index contributed by atoms with van der Waals surface area (Å²) in [5.41, 5.74) is 5.42. The molecule has 1 unspecified atom stereocenters. The quantitative estimate of drug-likeness (QED) is 0.721. The van der Waals surface area contributed by atoms with Gasteiger partial charge in [-0.1, -0.05) is 11.6 Å². The van der Waals surface area contributed by atoms with E-state index in [1.54, 1.807) is 0 Å². The Labute approximate surface area is 82.1 Å². The highest BCUT2D eigenvalue weighted by Gasteiger charge is 2.20. The molecule has 0 amide bonds. The fourth-order valence-electron chi connectivity index (χ4n) is 1.59. The molecule has 13 heavy (non-hydrogen) atoms. The SMILES string of the molecule is NCCc1nc2n(n1)C(Cl)CCC2. The predicted octanol–water partition coefficient (Wildman–Crippen LogP) is 0.853. The summed E-state index contributed by atoms with van der Waals surface area (Å²) in [6.07, 6.45) is 3.82. The van der Waals surface area contributed by atoms with E-state index in [4.69, 9.17) is 17.3 Å². The molecule has 0 radical (unpaired) electrons. The molecule has 1 atom stereocenters. The third-order valence-corrected chi connectivity index (χ3v) is 2.62. The van der Waals surface area contributed by atoms with Crippen LogP contribution in [0.1, 0.15) is 30.0 Å². The molecule has 1 aromatic rings. The summed E-state index contributed by atoms with van der Waals surface area (Å²) in [4.78, 5) is 4.38. The van der Waals surface area contributed by atoms with Gasteiger partial charge in [-0.3, -0.25) is 0 Å². The van der Waals surface area contributed by atoms with Crippen molar-refractivity contribution in [1.29, 1.82) is 0 Å². The Bertz CT molecular complexity index is 296. The van der Waals surface area contributed by atoms with Gasteiger partial charge in [0.05, 0.1) is 0 Å². The predicted molar refractivity (Wildman–Crippen MR) is 50.6 cm³/mol. The maximum absolute atomic E-state index is 6.09. The largest absolute Gasteiger partial charge is 0.330 e. The number of hydrogen-bond donors (Lipinski definition) is 1. The Morgan fingerprint density at radius 1 is 1.62 bits per heavy atom. The number of rotatable bonds is 2. The van der Waals surface area contributed by atoms with Crippen LogP contribution in [0.2, 0.25) is 0 Å². The van der Waals surface area contributed by atoms with Crippen molar-refractivity contribution in [2.24, 2.45) is 5.73 Å². The lowest BCUT2D eigenvalue weighted by molar-refractivity contribution is 0.459. The second-order valence-electron chi connectivity index (χ2n) is 3.25. The van der Waals surface area contributed by atoms with Gasteiger partial charge in [-0.15, -0.1) is 0 Å². The number of aromatic nitrogens is 3. The van der Waals surface area contributed by atoms with Crippen LogP contribution in [0, 0.1) is 0 Å². The Kier molecular flexibility index (Phi) is 2.51. The average Bonchev–Trinajstić information content (AvgIpc) is 2.49. The van der Waals surface area contributed by atoms with Crippen molar-refractivity contribution >= 4 is 11.6 Å². The minimum atomic E-state index is -0.0113. The van der Waals surface area contributed by atoms with E-state index >= 15 is 0 Å². The zero-order chi connectivity index (χ0) is 9.26. The molecule has 1 aliphatic rings. The molecule has 0 saturated carbocycles. The minimum absolute atomic E-state index is 0.0113. The number of aryl methyl sites for hydroxylation is 1. The standard InChI is InChI=1S/C8H13ClN4/c9-6-2-1-3-8-11-7(4-5-10)12-13(6)8/h6H,1-5,10H2. The maximum Gasteiger partial charge on any atom is 0.152 e. The van der Waals surface area contributed by atoms with Crippen molar-refractivity contribution in [3.05, 3.63) is 11.6 Å². The van der Waals surface area contributed by atoms with Crippen LogP contribution in [-0.2, 0) is 12.8 Å². The van der Waals surface area contributed by atoms with Crippen molar-refractivity contribution in [2.45, 2.75) is 31.2 Å². The summed E-state index contributed by atoms with van der Waals surface area (Å²) < 4.78 is 1.83. The molecule has 0 bridgehead atoms. The number of halogens is 1. The van der Waals surface area contributed by atoms with E-state index < -0.39 is 0 Å². The Morgan fingerprint density at radius 2 is 2.46 bits per heavy atom. The smallest absolute Gasteiger partial charge is 0.152 e. The highest BCUT2D eigenvalue weighted by atomic mass is 35.5. The topological polar surface area (TPSA) is 56.7 Å². The molecule has 0 spiro atoms. The number of alkyl halides is 1. The maximum atomic E-state index is 6.09. The zero-order valence-electron chi connectivity index (χ0n) is 7.41. The van der Waals surface area contributed by atoms with Gasteiger partial charge in [0.2, 0.25) is 0 Å². The van der Waals surface area contributed by atoms with Crippen LogP contribution in [0.5, 0.6) is 0 Å². The van der Waals surface area contributed by atoms with Crippen LogP contribution in [0.3, 0.4) is 0 Å². The third-order valence-electron chi connectivity index (χ3n) is 2.22. The van der Waals surface area contributed by atoms with Gasteiger partial charge in [-0.05, 0) is 19.4 Å². The first kappa shape index (κ1) is 8.97. The zero-order valence-corrected chi connectivity index (χ0v) is 8.17. The monoisotopic (exact) mass is 200 g/mol. The lowest BCUT2D eigenvalue weighted by Crippen LogP contribution is -2.14. The normalized spacial score (nSPS) is 21.5. The molecule has 0 aliphatic carbocycles. The van der Waals surface area contributed by atoms with Gasteiger partial charge in [0.15, 0.2) is 5.82 Å². The molecule has 2 rings (SSSR count). The molecule has 0 fully saturated rings. The van der Waals surface area contributed by atoms with Crippen LogP contribution in [0.4, 0.5) is 0 Å². The summed E-state index contributed by atoms with van der Waals surface area (Å²) in [6.45, 7) is 0.594. The first-order chi connectivity index (χ1) is 6.31. The number of nitrogens with two attached hydrogens (primary N) is 1. The minimum Gasteiger partial charge on any atom is -0.330 e. The van der Waals surface area contributed by atoms with Gasteiger partial charge in [0.25, 0.3) is 0 Å². The summed E-state index contributed by atoms with van der Waals surface area (Å²) in [6, 6.07) is 0. The van der Waals surface area contributed by atoms with E-state index in [-0.39, 0.29) is 5.50 Å². The molecule has 0 aromatic carbocycles. The second kappa shape index (κ2) is 3.64. The van der Waals surface area contributed by atoms with Gasteiger partial charge < -0.3 is 5.73 Å². The molecule has 1 aromatic heterocycles. The average molecular weight is 201 g/mol. The van der Waals surface area contributed by atoms with Gasteiger partial charge in [0, 0.05) is 12.8 Å². The number of nitrogens with zero attached hydrogens (tertiary/aromatic N) is 3. The summed E-state index contributed by atoms with van der Waals surface area (Å²) in [5, 5.41) is 4.32. The summed E-state index contributed by atoms with van der Waals surface area (Å²) in [5.74, 6) is 1.83. The Balaban J connectivity index is 2.25. The fraction of sp³-hybridized carbons (Fsp3) is 0.750. The van der Waals surface area contributed by atoms with Crippen LogP contribution in [0.15, 0.2) is 0 Å². The molecular formula is C8H13ClN4. The van der Waals surface area contributed by atoms with E-state index in [9.17, 15) is 0 Å². The Morgan fingerprint density at radius 3 is 3.15 bits per heavy atom. The molecule has 5 heteroatoms. The van der Waals surface area contributed by atoms with E-state index in [2.05, 4.69) is 10.1 Å². The van der Waals surface area contributed by atoms with Crippen LogP contribution >= 0.6 is 11.6 Å². The third kappa shape index (κ3) is 1.69. The van der Waals surface area contributed by atoms with Crippen LogP contribution < -0.4 is 5.73 Å². The second-order valence-corrected chi connectivity index (χ2v) is 3.76. The summed E-state index contributed by atoms with van der Waals surface area (Å²) in [7, 11) is 0. The van der Waals surface area contributed by atoms with Crippen molar-refractivity contribution in [3.8, 4) is 0 Å². The fourth-order valence-corrected chi connectivity index (χ4v) is 1.90. The van der Waals surface area contributed by atoms with Crippen molar-refractivity contribution < 1.29 is 0 Å². The molecule has 72 valence electrons. The molecule has 0 saturated heterocycles. The number of fused-ring (bicyclic) bond motifs is 1. The lowest BCUT2D eigenvalue weighted by atomic mass is 10.2. The molecule has 4 nitrogen and oxygen atoms in total. The molecule has 1 aliphatic heterocycles. The highest BCUT2D eigenvalue weighted by Crippen LogP contribution is 2.25. The Hall–Kier alpha value is -0.610. The van der Waals surface area contributed by atoms with Crippen molar-refractivity contribution in [3.63, 3.8) is 0 Å². The van der Waals surface area contributed by atoms with Crippen LogP contribution in [-0.4, -0.2) is 21.3 Å². The van der Waals surface area contributed by atoms with E-state index in [1.165, 1.54) is 0 Å². The molecule has 2 heterocycles. The van der Waals surface area contributed by atoms with Gasteiger partial charge in [0.1, 0.15) is 11.3 Å². The summed E-state index contributed by atoms with van der Waals surface area (Å²) >= 11 is 6.09. The lowest BCUT2D eigenvalue weighted by Gasteiger charge is -2.16. The molecule has 2 N–H and O–H groups in total.